The van der Waals surface area contributed by atoms with Crippen LogP contribution < -0.4 is 10.2 Å². The number of thiophene rings is 1. The first-order chi connectivity index (χ1) is 17.3. The molecule has 0 bridgehead atoms. The van der Waals surface area contributed by atoms with Crippen molar-refractivity contribution in [2.45, 2.75) is 52.2 Å². The van der Waals surface area contributed by atoms with Crippen molar-refractivity contribution in [2.24, 2.45) is 0 Å². The normalized spacial score (nSPS) is 17.4. The van der Waals surface area contributed by atoms with E-state index >= 15 is 0 Å². The summed E-state index contributed by atoms with van der Waals surface area (Å²) in [6.07, 6.45) is 0. The summed E-state index contributed by atoms with van der Waals surface area (Å²) < 4.78 is 1.68. The third-order valence-electron chi connectivity index (χ3n) is 6.81. The van der Waals surface area contributed by atoms with Gasteiger partial charge in [0, 0.05) is 12.2 Å². The number of anilines is 1. The Balaban J connectivity index is 1.52. The van der Waals surface area contributed by atoms with E-state index < -0.39 is 5.54 Å². The minimum Gasteiger partial charge on any atom is -0.350 e. The molecule has 5 rings (SSSR count). The van der Waals surface area contributed by atoms with Gasteiger partial charge in [-0.25, -0.2) is 0 Å². The Labute approximate surface area is 215 Å². The number of carbonyl (C=O) groups is 2. The molecule has 6 nitrogen and oxygen atoms in total. The molecule has 2 aromatic heterocycles. The first kappa shape index (κ1) is 24.0. The molecule has 2 aromatic carbocycles. The Morgan fingerprint density at radius 1 is 1.11 bits per heavy atom. The standard InChI is InChI=1S/C29H30N4O2S/c1-19(2)22-11-13-23(14-12-22)33-27(34)25-16-24(26-6-5-15-36-26)31-32(25)18-29(33,4)28(35)30-17-21-9-7-20(3)8-10-21/h5-16,19H,17-18H2,1-4H3,(H,30,35). The molecule has 1 N–H and O–H groups in total. The lowest BCUT2D eigenvalue weighted by Crippen LogP contribution is -2.64. The van der Waals surface area contributed by atoms with Crippen LogP contribution in [-0.4, -0.2) is 27.1 Å². The number of benzene rings is 2. The summed E-state index contributed by atoms with van der Waals surface area (Å²) in [7, 11) is 0. The highest BCUT2D eigenvalue weighted by Crippen LogP contribution is 2.35. The van der Waals surface area contributed by atoms with Crippen LogP contribution in [0.1, 0.15) is 53.9 Å². The van der Waals surface area contributed by atoms with Crippen LogP contribution in [0.5, 0.6) is 0 Å². The molecule has 36 heavy (non-hydrogen) atoms. The van der Waals surface area contributed by atoms with Gasteiger partial charge in [0.1, 0.15) is 16.9 Å². The second-order valence-electron chi connectivity index (χ2n) is 9.88. The summed E-state index contributed by atoms with van der Waals surface area (Å²) in [5, 5.41) is 9.77. The summed E-state index contributed by atoms with van der Waals surface area (Å²) >= 11 is 1.57. The quantitative estimate of drug-likeness (QED) is 0.366. The van der Waals surface area contributed by atoms with Crippen molar-refractivity contribution in [1.29, 1.82) is 0 Å². The van der Waals surface area contributed by atoms with Crippen molar-refractivity contribution in [3.63, 3.8) is 0 Å². The third kappa shape index (κ3) is 4.35. The lowest BCUT2D eigenvalue weighted by atomic mass is 9.93. The number of rotatable bonds is 6. The Morgan fingerprint density at radius 3 is 2.47 bits per heavy atom. The fourth-order valence-corrected chi connectivity index (χ4v) is 5.30. The highest BCUT2D eigenvalue weighted by molar-refractivity contribution is 7.13. The Hall–Kier alpha value is -3.71. The lowest BCUT2D eigenvalue weighted by Gasteiger charge is -2.43. The molecule has 0 radical (unpaired) electrons. The third-order valence-corrected chi connectivity index (χ3v) is 7.70. The van der Waals surface area contributed by atoms with Gasteiger partial charge in [0.15, 0.2) is 0 Å². The van der Waals surface area contributed by atoms with Gasteiger partial charge in [-0.3, -0.25) is 19.2 Å². The van der Waals surface area contributed by atoms with Gasteiger partial charge in [0.2, 0.25) is 5.91 Å². The van der Waals surface area contributed by atoms with Crippen LogP contribution in [0.3, 0.4) is 0 Å². The van der Waals surface area contributed by atoms with Crippen molar-refractivity contribution in [3.05, 3.63) is 94.5 Å². The molecular formula is C29H30N4O2S. The fraction of sp³-hybridized carbons (Fsp3) is 0.276. The molecule has 3 heterocycles. The van der Waals surface area contributed by atoms with Gasteiger partial charge in [-0.1, -0.05) is 61.9 Å². The number of aromatic nitrogens is 2. The molecule has 4 aromatic rings. The predicted molar refractivity (Wildman–Crippen MR) is 144 cm³/mol. The highest BCUT2D eigenvalue weighted by Gasteiger charge is 2.48. The van der Waals surface area contributed by atoms with Crippen molar-refractivity contribution < 1.29 is 9.59 Å². The zero-order valence-electron chi connectivity index (χ0n) is 21.0. The number of amides is 2. The van der Waals surface area contributed by atoms with E-state index in [1.807, 2.05) is 86.0 Å². The molecule has 184 valence electrons. The van der Waals surface area contributed by atoms with Gasteiger partial charge in [-0.15, -0.1) is 11.3 Å². The fourth-order valence-electron chi connectivity index (χ4n) is 4.62. The summed E-state index contributed by atoms with van der Waals surface area (Å²) in [6.45, 7) is 8.76. The summed E-state index contributed by atoms with van der Waals surface area (Å²) in [6, 6.07) is 21.8. The Bertz CT molecular complexity index is 1390. The summed E-state index contributed by atoms with van der Waals surface area (Å²) in [4.78, 5) is 30.3. The average molecular weight is 499 g/mol. The molecule has 0 saturated carbocycles. The monoisotopic (exact) mass is 498 g/mol. The molecule has 0 aliphatic carbocycles. The van der Waals surface area contributed by atoms with E-state index in [4.69, 9.17) is 5.10 Å². The van der Waals surface area contributed by atoms with Crippen molar-refractivity contribution in [3.8, 4) is 10.6 Å². The van der Waals surface area contributed by atoms with Gasteiger partial charge in [-0.2, -0.15) is 5.10 Å². The average Bonchev–Trinajstić information content (AvgIpc) is 3.54. The number of nitrogens with zero attached hydrogens (tertiary/aromatic N) is 3. The molecule has 7 heteroatoms. The number of fused-ring (bicyclic) bond motifs is 1. The first-order valence-corrected chi connectivity index (χ1v) is 13.0. The molecule has 1 unspecified atom stereocenters. The topological polar surface area (TPSA) is 67.2 Å². The molecule has 0 fully saturated rings. The Morgan fingerprint density at radius 2 is 1.83 bits per heavy atom. The smallest absolute Gasteiger partial charge is 0.277 e. The van der Waals surface area contributed by atoms with Crippen molar-refractivity contribution in [1.82, 2.24) is 15.1 Å². The SMILES string of the molecule is Cc1ccc(CNC(=O)C2(C)Cn3nc(-c4cccs4)cc3C(=O)N2c2ccc(C(C)C)cc2)cc1. The summed E-state index contributed by atoms with van der Waals surface area (Å²) in [5.74, 6) is -0.0832. The predicted octanol–water partition coefficient (Wildman–Crippen LogP) is 5.78. The van der Waals surface area contributed by atoms with E-state index in [1.54, 1.807) is 20.9 Å². The van der Waals surface area contributed by atoms with Gasteiger partial charge >= 0.3 is 0 Å². The molecule has 1 aliphatic heterocycles. The van der Waals surface area contributed by atoms with Crippen LogP contribution in [-0.2, 0) is 17.9 Å². The van der Waals surface area contributed by atoms with Crippen molar-refractivity contribution in [2.75, 3.05) is 4.90 Å². The van der Waals surface area contributed by atoms with Crippen molar-refractivity contribution >= 4 is 28.8 Å². The molecular weight excluding hydrogens is 468 g/mol. The van der Waals surface area contributed by atoms with Crippen LogP contribution in [0.4, 0.5) is 5.69 Å². The van der Waals surface area contributed by atoms with Crippen LogP contribution in [0, 0.1) is 6.92 Å². The molecule has 0 spiro atoms. The van der Waals surface area contributed by atoms with Crippen LogP contribution in [0.15, 0.2) is 72.1 Å². The van der Waals surface area contributed by atoms with E-state index in [9.17, 15) is 9.59 Å². The van der Waals surface area contributed by atoms with E-state index in [1.165, 1.54) is 11.1 Å². The van der Waals surface area contributed by atoms with Gasteiger partial charge in [0.05, 0.1) is 11.4 Å². The van der Waals surface area contributed by atoms with Crippen LogP contribution >= 0.6 is 11.3 Å². The number of aryl methyl sites for hydroxylation is 1. The first-order valence-electron chi connectivity index (χ1n) is 12.2. The highest BCUT2D eigenvalue weighted by atomic mass is 32.1. The molecule has 2 amide bonds. The van der Waals surface area contributed by atoms with E-state index in [2.05, 4.69) is 19.2 Å². The lowest BCUT2D eigenvalue weighted by molar-refractivity contribution is -0.126. The second kappa shape index (κ2) is 9.39. The number of nitrogens with one attached hydrogen (secondary N) is 1. The van der Waals surface area contributed by atoms with E-state index in [-0.39, 0.29) is 18.4 Å². The van der Waals surface area contributed by atoms with E-state index in [0.29, 0.717) is 23.8 Å². The number of hydrogen-bond donors (Lipinski definition) is 1. The maximum Gasteiger partial charge on any atom is 0.277 e. The zero-order valence-corrected chi connectivity index (χ0v) is 21.8. The van der Waals surface area contributed by atoms with Crippen LogP contribution in [0.25, 0.3) is 10.6 Å². The minimum absolute atomic E-state index is 0.219. The van der Waals surface area contributed by atoms with Crippen LogP contribution in [0.2, 0.25) is 0 Å². The molecule has 1 aliphatic rings. The maximum absolute atomic E-state index is 13.9. The van der Waals surface area contributed by atoms with E-state index in [0.717, 1.165) is 16.1 Å². The number of hydrogen-bond acceptors (Lipinski definition) is 4. The molecule has 1 atom stereocenters. The maximum atomic E-state index is 13.9. The van der Waals surface area contributed by atoms with Gasteiger partial charge in [0.25, 0.3) is 5.91 Å². The second-order valence-corrected chi connectivity index (χ2v) is 10.8. The number of carbonyl (C=O) groups excluding carboxylic acids is 2. The van der Waals surface area contributed by atoms with Gasteiger partial charge < -0.3 is 5.32 Å². The van der Waals surface area contributed by atoms with Gasteiger partial charge in [-0.05, 0) is 60.5 Å². The minimum atomic E-state index is -1.16. The molecule has 0 saturated heterocycles. The Kier molecular flexibility index (Phi) is 6.26. The zero-order chi connectivity index (χ0) is 25.4. The summed E-state index contributed by atoms with van der Waals surface area (Å²) in [5.41, 5.74) is 4.11. The largest absolute Gasteiger partial charge is 0.350 e.